The number of nitrogen functional groups attached to an aromatic ring is 1. The summed E-state index contributed by atoms with van der Waals surface area (Å²) < 4.78 is 1.78. The fraction of sp³-hybridized carbons (Fsp3) is 0. The largest absolute Gasteiger partial charge is 0.399 e. The van der Waals surface area contributed by atoms with Crippen molar-refractivity contribution < 1.29 is 4.79 Å². The van der Waals surface area contributed by atoms with Gasteiger partial charge < -0.3 is 11.1 Å². The van der Waals surface area contributed by atoms with Crippen molar-refractivity contribution in [2.24, 2.45) is 0 Å². The highest BCUT2D eigenvalue weighted by Gasteiger charge is 2.06. The number of hydrogen-bond acceptors (Lipinski definition) is 4. The second kappa shape index (κ2) is 5.46. The number of pyridine rings is 1. The van der Waals surface area contributed by atoms with E-state index in [-0.39, 0.29) is 5.91 Å². The van der Waals surface area contributed by atoms with Gasteiger partial charge in [0.25, 0.3) is 5.91 Å². The molecule has 3 N–H and O–H groups in total. The topological polar surface area (TPSA) is 85.8 Å². The Kier molecular flexibility index (Phi) is 3.34. The molecule has 2 heterocycles. The minimum Gasteiger partial charge on any atom is -0.399 e. The van der Waals surface area contributed by atoms with Gasteiger partial charge in [-0.3, -0.25) is 9.36 Å². The van der Waals surface area contributed by atoms with E-state index in [4.69, 9.17) is 5.73 Å². The molecular weight excluding hydrogens is 266 g/mol. The first-order valence-electron chi connectivity index (χ1n) is 6.34. The van der Waals surface area contributed by atoms with Crippen molar-refractivity contribution in [2.45, 2.75) is 0 Å². The molecule has 0 saturated heterocycles. The number of nitrogens with zero attached hydrogens (tertiary/aromatic N) is 3. The summed E-state index contributed by atoms with van der Waals surface area (Å²) in [6.07, 6.45) is 6.74. The molecule has 1 aromatic carbocycles. The maximum Gasteiger partial charge on any atom is 0.255 e. The molecule has 0 unspecified atom stereocenters. The van der Waals surface area contributed by atoms with Crippen LogP contribution in [-0.4, -0.2) is 20.4 Å². The predicted molar refractivity (Wildman–Crippen MR) is 80.2 cm³/mol. The highest BCUT2D eigenvalue weighted by molar-refractivity contribution is 6.04. The van der Waals surface area contributed by atoms with Gasteiger partial charge in [0.05, 0.1) is 11.9 Å². The van der Waals surface area contributed by atoms with Crippen LogP contribution in [0.4, 0.5) is 11.4 Å². The van der Waals surface area contributed by atoms with Gasteiger partial charge in [-0.1, -0.05) is 0 Å². The molecule has 0 radical (unpaired) electrons. The molecule has 2 aromatic heterocycles. The highest BCUT2D eigenvalue weighted by atomic mass is 16.1. The van der Waals surface area contributed by atoms with Gasteiger partial charge in [-0.15, -0.1) is 0 Å². The fourth-order valence-electron chi connectivity index (χ4n) is 1.85. The minimum atomic E-state index is -0.202. The molecule has 3 rings (SSSR count). The van der Waals surface area contributed by atoms with E-state index in [0.717, 1.165) is 5.82 Å². The second-order valence-corrected chi connectivity index (χ2v) is 4.45. The average molecular weight is 279 g/mol. The van der Waals surface area contributed by atoms with Crippen molar-refractivity contribution in [1.82, 2.24) is 14.5 Å². The lowest BCUT2D eigenvalue weighted by Gasteiger charge is -2.06. The SMILES string of the molecule is Nc1ccc(C(=O)Nc2ccc(-n3ccnc3)nc2)cc1. The zero-order valence-corrected chi connectivity index (χ0v) is 11.1. The summed E-state index contributed by atoms with van der Waals surface area (Å²) in [6, 6.07) is 10.3. The number of carbonyl (C=O) groups is 1. The maximum absolute atomic E-state index is 12.0. The number of rotatable bonds is 3. The van der Waals surface area contributed by atoms with E-state index in [1.807, 2.05) is 0 Å². The molecule has 6 nitrogen and oxygen atoms in total. The quantitative estimate of drug-likeness (QED) is 0.719. The number of aromatic nitrogens is 3. The first kappa shape index (κ1) is 12.9. The van der Waals surface area contributed by atoms with Crippen molar-refractivity contribution in [1.29, 1.82) is 0 Å². The number of nitrogens with two attached hydrogens (primary N) is 1. The Hall–Kier alpha value is -3.15. The van der Waals surface area contributed by atoms with Gasteiger partial charge in [0.1, 0.15) is 12.1 Å². The number of amides is 1. The Morgan fingerprint density at radius 2 is 1.95 bits per heavy atom. The summed E-state index contributed by atoms with van der Waals surface area (Å²) in [7, 11) is 0. The normalized spacial score (nSPS) is 10.3. The summed E-state index contributed by atoms with van der Waals surface area (Å²) >= 11 is 0. The third kappa shape index (κ3) is 2.89. The van der Waals surface area contributed by atoms with Gasteiger partial charge in [-0.2, -0.15) is 0 Å². The number of anilines is 2. The number of hydrogen-bond donors (Lipinski definition) is 2. The molecular formula is C15H13N5O. The van der Waals surface area contributed by atoms with E-state index < -0.39 is 0 Å². The van der Waals surface area contributed by atoms with Gasteiger partial charge in [-0.25, -0.2) is 9.97 Å². The summed E-state index contributed by atoms with van der Waals surface area (Å²) in [4.78, 5) is 20.3. The summed E-state index contributed by atoms with van der Waals surface area (Å²) in [5.74, 6) is 0.533. The third-order valence-electron chi connectivity index (χ3n) is 2.95. The van der Waals surface area contributed by atoms with Gasteiger partial charge >= 0.3 is 0 Å². The molecule has 6 heteroatoms. The van der Waals surface area contributed by atoms with Crippen molar-refractivity contribution >= 4 is 17.3 Å². The van der Waals surface area contributed by atoms with Gasteiger partial charge in [0, 0.05) is 23.6 Å². The van der Waals surface area contributed by atoms with Crippen LogP contribution in [0.25, 0.3) is 5.82 Å². The van der Waals surface area contributed by atoms with Gasteiger partial charge in [-0.05, 0) is 36.4 Å². The standard InChI is InChI=1S/C15H13N5O/c16-12-3-1-11(2-4-12)15(21)19-13-5-6-14(18-9-13)20-8-7-17-10-20/h1-10H,16H2,(H,19,21). The first-order valence-corrected chi connectivity index (χ1v) is 6.34. The predicted octanol–water partition coefficient (Wildman–Crippen LogP) is 2.10. The lowest BCUT2D eigenvalue weighted by molar-refractivity contribution is 0.102. The van der Waals surface area contributed by atoms with E-state index >= 15 is 0 Å². The van der Waals surface area contributed by atoms with Crippen LogP contribution in [0.15, 0.2) is 61.3 Å². The highest BCUT2D eigenvalue weighted by Crippen LogP contribution is 2.12. The fourth-order valence-corrected chi connectivity index (χ4v) is 1.85. The molecule has 0 aliphatic rings. The second-order valence-electron chi connectivity index (χ2n) is 4.45. The molecule has 21 heavy (non-hydrogen) atoms. The summed E-state index contributed by atoms with van der Waals surface area (Å²) in [5, 5.41) is 2.78. The van der Waals surface area contributed by atoms with Crippen LogP contribution in [-0.2, 0) is 0 Å². The molecule has 0 spiro atoms. The van der Waals surface area contributed by atoms with Crippen LogP contribution >= 0.6 is 0 Å². The molecule has 0 fully saturated rings. The first-order chi connectivity index (χ1) is 10.2. The van der Waals surface area contributed by atoms with Gasteiger partial charge in [0.15, 0.2) is 0 Å². The molecule has 104 valence electrons. The number of imidazole rings is 1. The zero-order valence-electron chi connectivity index (χ0n) is 11.1. The van der Waals surface area contributed by atoms with Crippen molar-refractivity contribution in [3.05, 3.63) is 66.9 Å². The third-order valence-corrected chi connectivity index (χ3v) is 2.95. The van der Waals surface area contributed by atoms with Crippen LogP contribution in [0.1, 0.15) is 10.4 Å². The molecule has 0 saturated carbocycles. The van der Waals surface area contributed by atoms with Crippen molar-refractivity contribution in [3.8, 4) is 5.82 Å². The van der Waals surface area contributed by atoms with E-state index in [0.29, 0.717) is 16.9 Å². The molecule has 1 amide bonds. The van der Waals surface area contributed by atoms with Crippen LogP contribution < -0.4 is 11.1 Å². The van der Waals surface area contributed by atoms with E-state index in [2.05, 4.69) is 15.3 Å². The van der Waals surface area contributed by atoms with E-state index in [9.17, 15) is 4.79 Å². The number of carbonyl (C=O) groups excluding carboxylic acids is 1. The van der Waals surface area contributed by atoms with Crippen molar-refractivity contribution in [3.63, 3.8) is 0 Å². The average Bonchev–Trinajstić information content (AvgIpc) is 3.03. The Morgan fingerprint density at radius 3 is 2.57 bits per heavy atom. The lowest BCUT2D eigenvalue weighted by atomic mass is 10.2. The maximum atomic E-state index is 12.0. The summed E-state index contributed by atoms with van der Waals surface area (Å²) in [6.45, 7) is 0. The summed E-state index contributed by atoms with van der Waals surface area (Å²) in [5.41, 5.74) is 7.39. The Labute approximate surface area is 121 Å². The molecule has 0 aliphatic carbocycles. The van der Waals surface area contributed by atoms with Crippen LogP contribution in [0.5, 0.6) is 0 Å². The molecule has 0 atom stereocenters. The number of nitrogens with one attached hydrogen (secondary N) is 1. The van der Waals surface area contributed by atoms with Crippen LogP contribution in [0.2, 0.25) is 0 Å². The van der Waals surface area contributed by atoms with E-state index in [1.165, 1.54) is 0 Å². The Bertz CT molecular complexity index is 733. The zero-order chi connectivity index (χ0) is 14.7. The van der Waals surface area contributed by atoms with Gasteiger partial charge in [0.2, 0.25) is 0 Å². The molecule has 0 bridgehead atoms. The molecule has 3 aromatic rings. The lowest BCUT2D eigenvalue weighted by Crippen LogP contribution is -2.12. The Morgan fingerprint density at radius 1 is 1.14 bits per heavy atom. The van der Waals surface area contributed by atoms with Crippen LogP contribution in [0.3, 0.4) is 0 Å². The number of benzene rings is 1. The van der Waals surface area contributed by atoms with Crippen molar-refractivity contribution in [2.75, 3.05) is 11.1 Å². The smallest absolute Gasteiger partial charge is 0.255 e. The molecule has 0 aliphatic heterocycles. The minimum absolute atomic E-state index is 0.202. The van der Waals surface area contributed by atoms with Crippen LogP contribution in [0, 0.1) is 0 Å². The van der Waals surface area contributed by atoms with E-state index in [1.54, 1.807) is 65.9 Å². The Balaban J connectivity index is 1.73. The monoisotopic (exact) mass is 279 g/mol.